The van der Waals surface area contributed by atoms with Crippen molar-refractivity contribution in [1.82, 2.24) is 0 Å². The minimum Gasteiger partial charge on any atom is -0.285 e. The number of hydrogen-bond donors (Lipinski definition) is 0. The van der Waals surface area contributed by atoms with Crippen LogP contribution in [0.25, 0.3) is 0 Å². The summed E-state index contributed by atoms with van der Waals surface area (Å²) in [6.07, 6.45) is 2.00. The predicted octanol–water partition coefficient (Wildman–Crippen LogP) is 2.02. The molecule has 0 aliphatic heterocycles. The Balaban J connectivity index is 5.44. The van der Waals surface area contributed by atoms with Crippen molar-refractivity contribution in [3.8, 4) is 0 Å². The second-order valence-corrected chi connectivity index (χ2v) is 10.5. The van der Waals surface area contributed by atoms with E-state index < -0.39 is 29.4 Å². The molecule has 0 unspecified atom stereocenters. The van der Waals surface area contributed by atoms with Crippen LogP contribution in [-0.4, -0.2) is 43.8 Å². The highest BCUT2D eigenvalue weighted by Crippen LogP contribution is 2.21. The van der Waals surface area contributed by atoms with E-state index in [1.54, 1.807) is 6.92 Å². The molecule has 0 bridgehead atoms. The van der Waals surface area contributed by atoms with E-state index >= 15 is 0 Å². The number of unbranched alkanes of at least 4 members (excludes halogenated alkanes) is 2. The van der Waals surface area contributed by atoms with Crippen molar-refractivity contribution in [3.05, 3.63) is 0 Å². The average Bonchev–Trinajstić information content (AvgIpc) is 2.33. The highest BCUT2D eigenvalue weighted by Gasteiger charge is 2.42. The van der Waals surface area contributed by atoms with Crippen LogP contribution in [-0.2, 0) is 24.5 Å². The van der Waals surface area contributed by atoms with E-state index in [0.29, 0.717) is 31.4 Å². The van der Waals surface area contributed by atoms with Crippen molar-refractivity contribution < 1.29 is 21.6 Å². The van der Waals surface area contributed by atoms with Crippen LogP contribution in [0.3, 0.4) is 0 Å². The lowest BCUT2D eigenvalue weighted by Crippen LogP contribution is -2.39. The Hall–Kier alpha value is -0.0800. The number of thioether (sulfide) groups is 1. The highest BCUT2D eigenvalue weighted by atomic mass is 32.3. The van der Waals surface area contributed by atoms with Gasteiger partial charge in [0.05, 0.1) is 11.5 Å². The summed E-state index contributed by atoms with van der Waals surface area (Å²) in [4.78, 5) is 12.0. The van der Waals surface area contributed by atoms with Gasteiger partial charge in [-0.05, 0) is 18.6 Å². The molecule has 0 aromatic rings. The van der Waals surface area contributed by atoms with Crippen molar-refractivity contribution in [3.63, 3.8) is 0 Å². The van der Waals surface area contributed by atoms with E-state index in [9.17, 15) is 21.6 Å². The summed E-state index contributed by atoms with van der Waals surface area (Å²) in [5.41, 5.74) is 0. The minimum atomic E-state index is -3.95. The van der Waals surface area contributed by atoms with Crippen LogP contribution in [0.1, 0.15) is 46.5 Å². The van der Waals surface area contributed by atoms with Gasteiger partial charge in [0.2, 0.25) is 9.70 Å². The Morgan fingerprint density at radius 3 is 1.60 bits per heavy atom. The number of rotatable bonds is 10. The Labute approximate surface area is 126 Å². The van der Waals surface area contributed by atoms with Crippen LogP contribution in [0.15, 0.2) is 0 Å². The van der Waals surface area contributed by atoms with Crippen molar-refractivity contribution in [2.75, 3.05) is 17.3 Å². The van der Waals surface area contributed by atoms with E-state index in [2.05, 4.69) is 0 Å². The summed E-state index contributed by atoms with van der Waals surface area (Å²) < 4.78 is 46.9. The first kappa shape index (κ1) is 19.9. The van der Waals surface area contributed by atoms with Gasteiger partial charge in [-0.15, -0.1) is 0 Å². The standard InChI is InChI=1S/C12H24O5S3/c1-4-7-9-19(14,15)12(11(13)18-6-3)20(16,17)10-8-5-2/h12H,4-10H2,1-3H3. The molecule has 20 heavy (non-hydrogen) atoms. The zero-order valence-corrected chi connectivity index (χ0v) is 14.7. The first-order chi connectivity index (χ1) is 9.22. The normalized spacial score (nSPS) is 12.8. The van der Waals surface area contributed by atoms with Gasteiger partial charge in [-0.25, -0.2) is 16.8 Å². The molecule has 0 rings (SSSR count). The molecule has 0 heterocycles. The second kappa shape index (κ2) is 9.04. The molecule has 0 aliphatic rings. The third kappa shape index (κ3) is 6.13. The molecular weight excluding hydrogens is 320 g/mol. The van der Waals surface area contributed by atoms with Crippen LogP contribution < -0.4 is 0 Å². The van der Waals surface area contributed by atoms with Crippen LogP contribution in [0.4, 0.5) is 0 Å². The van der Waals surface area contributed by atoms with E-state index in [4.69, 9.17) is 0 Å². The van der Waals surface area contributed by atoms with E-state index in [1.807, 2.05) is 13.8 Å². The fourth-order valence-corrected chi connectivity index (χ4v) is 8.10. The maximum atomic E-state index is 12.2. The summed E-state index contributed by atoms with van der Waals surface area (Å²) in [5.74, 6) is -0.146. The molecule has 0 aliphatic carbocycles. The Morgan fingerprint density at radius 2 is 1.30 bits per heavy atom. The molecule has 5 nitrogen and oxygen atoms in total. The fraction of sp³-hybridized carbons (Fsp3) is 0.917. The zero-order valence-electron chi connectivity index (χ0n) is 12.3. The van der Waals surface area contributed by atoms with Crippen LogP contribution >= 0.6 is 11.8 Å². The largest absolute Gasteiger partial charge is 0.285 e. The molecule has 0 radical (unpaired) electrons. The number of sulfone groups is 2. The van der Waals surface area contributed by atoms with Crippen molar-refractivity contribution >= 4 is 36.6 Å². The number of carbonyl (C=O) groups is 1. The molecular formula is C12H24O5S3. The average molecular weight is 345 g/mol. The van der Waals surface area contributed by atoms with Gasteiger partial charge in [-0.3, -0.25) is 4.79 Å². The molecule has 0 N–H and O–H groups in total. The SMILES string of the molecule is CCCCS(=O)(=O)C(C(=O)SCC)S(=O)(=O)CCCC. The minimum absolute atomic E-state index is 0.254. The summed E-state index contributed by atoms with van der Waals surface area (Å²) in [5, 5.41) is -0.764. The summed E-state index contributed by atoms with van der Waals surface area (Å²) in [6.45, 7) is 5.33. The maximum absolute atomic E-state index is 12.2. The van der Waals surface area contributed by atoms with Gasteiger partial charge >= 0.3 is 0 Å². The molecule has 0 saturated heterocycles. The van der Waals surface area contributed by atoms with Crippen LogP contribution in [0.2, 0.25) is 0 Å². The molecule has 0 atom stereocenters. The lowest BCUT2D eigenvalue weighted by molar-refractivity contribution is -0.109. The zero-order chi connectivity index (χ0) is 15.8. The van der Waals surface area contributed by atoms with Crippen LogP contribution in [0.5, 0.6) is 0 Å². The molecule has 0 saturated carbocycles. The van der Waals surface area contributed by atoms with Gasteiger partial charge in [0, 0.05) is 0 Å². The molecule has 120 valence electrons. The van der Waals surface area contributed by atoms with Crippen molar-refractivity contribution in [2.24, 2.45) is 0 Å². The lowest BCUT2D eigenvalue weighted by Gasteiger charge is -2.16. The first-order valence-electron chi connectivity index (χ1n) is 6.82. The molecule has 0 spiro atoms. The predicted molar refractivity (Wildman–Crippen MR) is 84.3 cm³/mol. The summed E-state index contributed by atoms with van der Waals surface area (Å²) in [7, 11) is -7.90. The highest BCUT2D eigenvalue weighted by molar-refractivity contribution is 8.19. The van der Waals surface area contributed by atoms with Gasteiger partial charge in [-0.1, -0.05) is 45.4 Å². The fourth-order valence-electron chi connectivity index (χ4n) is 1.63. The Bertz CT molecular complexity index is 455. The van der Waals surface area contributed by atoms with Gasteiger partial charge in [0.25, 0.3) is 0 Å². The molecule has 0 aromatic heterocycles. The monoisotopic (exact) mass is 344 g/mol. The molecule has 8 heteroatoms. The van der Waals surface area contributed by atoms with Crippen LogP contribution in [0, 0.1) is 0 Å². The van der Waals surface area contributed by atoms with Gasteiger partial charge < -0.3 is 0 Å². The van der Waals surface area contributed by atoms with E-state index in [1.165, 1.54) is 0 Å². The van der Waals surface area contributed by atoms with Gasteiger partial charge in [0.1, 0.15) is 0 Å². The number of carbonyl (C=O) groups excluding carboxylic acids is 1. The van der Waals surface area contributed by atoms with Gasteiger partial charge in [0.15, 0.2) is 19.7 Å². The smallest absolute Gasteiger partial charge is 0.230 e. The second-order valence-electron chi connectivity index (χ2n) is 4.53. The Kier molecular flexibility index (Phi) is 9.01. The van der Waals surface area contributed by atoms with E-state index in [0.717, 1.165) is 11.8 Å². The third-order valence-corrected chi connectivity index (χ3v) is 9.01. The summed E-state index contributed by atoms with van der Waals surface area (Å²) >= 11 is 0.763. The van der Waals surface area contributed by atoms with Crippen molar-refractivity contribution in [2.45, 2.75) is 51.0 Å². The lowest BCUT2D eigenvalue weighted by atomic mass is 10.4. The molecule has 0 aromatic carbocycles. The number of hydrogen-bond acceptors (Lipinski definition) is 6. The molecule has 0 fully saturated rings. The quantitative estimate of drug-likeness (QED) is 0.603. The van der Waals surface area contributed by atoms with Gasteiger partial charge in [-0.2, -0.15) is 0 Å². The Morgan fingerprint density at radius 1 is 0.900 bits per heavy atom. The van der Waals surface area contributed by atoms with E-state index in [-0.39, 0.29) is 11.5 Å². The maximum Gasteiger partial charge on any atom is 0.230 e. The van der Waals surface area contributed by atoms with Crippen molar-refractivity contribution in [1.29, 1.82) is 0 Å². The first-order valence-corrected chi connectivity index (χ1v) is 11.2. The molecule has 0 amide bonds. The third-order valence-electron chi connectivity index (χ3n) is 2.70. The summed E-state index contributed by atoms with van der Waals surface area (Å²) in [6, 6.07) is 0. The topological polar surface area (TPSA) is 85.3 Å².